The molecule has 0 aromatic heterocycles. The first-order valence-electron chi connectivity index (χ1n) is 13.9. The van der Waals surface area contributed by atoms with E-state index in [1.165, 1.54) is 17.0 Å². The Hall–Kier alpha value is -3.60. The monoisotopic (exact) mass is 548 g/mol. The summed E-state index contributed by atoms with van der Waals surface area (Å²) in [6, 6.07) is 9.50. The number of amides is 1. The second-order valence-electron chi connectivity index (χ2n) is 12.4. The smallest absolute Gasteiger partial charge is 0.411 e. The molecule has 2 aromatic rings. The van der Waals surface area contributed by atoms with E-state index in [1.54, 1.807) is 39.0 Å². The molecule has 0 radical (unpaired) electrons. The van der Waals surface area contributed by atoms with Crippen molar-refractivity contribution in [2.45, 2.75) is 89.8 Å². The van der Waals surface area contributed by atoms with Crippen molar-refractivity contribution in [2.24, 2.45) is 11.8 Å². The van der Waals surface area contributed by atoms with Crippen LogP contribution in [0.1, 0.15) is 76.0 Å². The molecule has 40 heavy (non-hydrogen) atoms. The third-order valence-electron chi connectivity index (χ3n) is 8.55. The van der Waals surface area contributed by atoms with Gasteiger partial charge in [0.05, 0.1) is 18.0 Å². The number of carbonyl (C=O) groups excluding carboxylic acids is 3. The molecule has 2 aromatic carbocycles. The number of benzene rings is 2. The van der Waals surface area contributed by atoms with Gasteiger partial charge >= 0.3 is 6.09 Å². The summed E-state index contributed by atoms with van der Waals surface area (Å²) in [5.74, 6) is -3.36. The molecule has 1 saturated heterocycles. The van der Waals surface area contributed by atoms with Crippen LogP contribution in [0.3, 0.4) is 0 Å². The van der Waals surface area contributed by atoms with Crippen molar-refractivity contribution in [3.8, 4) is 17.2 Å². The number of hydrogen-bond donors (Lipinski definition) is 0. The maximum atomic E-state index is 15.3. The number of Topliss-reactive ketones (excluding diaryl/α,β-unsaturated/α-hetero) is 2. The minimum Gasteiger partial charge on any atom is -0.444 e. The Morgan fingerprint density at radius 2 is 1.90 bits per heavy atom. The van der Waals surface area contributed by atoms with Gasteiger partial charge < -0.3 is 4.74 Å². The number of carbonyl (C=O) groups is 3. The fourth-order valence-corrected chi connectivity index (χ4v) is 6.58. The van der Waals surface area contributed by atoms with Crippen LogP contribution in [0.2, 0.25) is 0 Å². The molecular weight excluding hydrogens is 514 g/mol. The molecule has 3 aliphatic rings. The molecule has 6 nitrogen and oxygen atoms in total. The molecular formula is C32H34F2N2O4. The molecule has 1 amide bonds. The summed E-state index contributed by atoms with van der Waals surface area (Å²) < 4.78 is 36.1. The van der Waals surface area contributed by atoms with Crippen molar-refractivity contribution in [3.63, 3.8) is 0 Å². The van der Waals surface area contributed by atoms with E-state index < -0.39 is 35.3 Å². The van der Waals surface area contributed by atoms with E-state index in [4.69, 9.17) is 4.74 Å². The molecule has 2 fully saturated rings. The normalized spacial score (nSPS) is 24.1. The molecule has 5 rings (SSSR count). The summed E-state index contributed by atoms with van der Waals surface area (Å²) >= 11 is 0. The maximum Gasteiger partial charge on any atom is 0.411 e. The maximum absolute atomic E-state index is 15.3. The predicted molar refractivity (Wildman–Crippen MR) is 144 cm³/mol. The van der Waals surface area contributed by atoms with Gasteiger partial charge in [-0.25, -0.2) is 13.6 Å². The van der Waals surface area contributed by atoms with Gasteiger partial charge in [0.25, 0.3) is 0 Å². The van der Waals surface area contributed by atoms with Gasteiger partial charge in [0, 0.05) is 30.4 Å². The number of ketones is 2. The quantitative estimate of drug-likeness (QED) is 0.423. The largest absolute Gasteiger partial charge is 0.444 e. The van der Waals surface area contributed by atoms with Gasteiger partial charge in [-0.05, 0) is 74.6 Å². The standard InChI is InChI=1S/C32H34F2N2O4/c1-17-25-14-19(5-6-20(25)15-26(17)37)24-10-8-21(28(33)29(24)34)11-18(16-35)12-27(38)30-22-7-9-23(13-22)36(30)31(39)40-32(2,3)4/h5-6,8,10,14,17-18,22-23,30H,7,9,11-13,15H2,1-4H3/t17?,18-,22+,23-,30+/m1/s1. The highest BCUT2D eigenvalue weighted by Gasteiger charge is 2.52. The molecule has 0 spiro atoms. The molecule has 8 heteroatoms. The molecule has 2 aliphatic carbocycles. The van der Waals surface area contributed by atoms with E-state index in [0.29, 0.717) is 12.0 Å². The van der Waals surface area contributed by atoms with Crippen molar-refractivity contribution in [2.75, 3.05) is 0 Å². The SMILES string of the molecule is CC1C(=O)Cc2ccc(-c3ccc(C[C@@H](C#N)CC(=O)[C@@H]4[C@H]5CC[C@H](C5)N4C(=O)OC(C)(C)C)c(F)c3F)cc21. The molecule has 0 N–H and O–H groups in total. The second-order valence-corrected chi connectivity index (χ2v) is 12.4. The van der Waals surface area contributed by atoms with E-state index in [2.05, 4.69) is 6.07 Å². The van der Waals surface area contributed by atoms with Crippen molar-refractivity contribution >= 4 is 17.7 Å². The number of nitrogens with zero attached hydrogens (tertiary/aromatic N) is 2. The first kappa shape index (κ1) is 27.9. The zero-order valence-electron chi connectivity index (χ0n) is 23.3. The van der Waals surface area contributed by atoms with Gasteiger partial charge in [0.1, 0.15) is 11.4 Å². The van der Waals surface area contributed by atoms with Crippen molar-refractivity contribution in [1.82, 2.24) is 4.90 Å². The number of rotatable bonds is 6. The summed E-state index contributed by atoms with van der Waals surface area (Å²) in [4.78, 5) is 39.9. The molecule has 2 bridgehead atoms. The van der Waals surface area contributed by atoms with E-state index in [0.717, 1.165) is 30.4 Å². The molecule has 210 valence electrons. The fraction of sp³-hybridized carbons (Fsp3) is 0.500. The molecule has 5 atom stereocenters. The van der Waals surface area contributed by atoms with E-state index in [-0.39, 0.29) is 53.4 Å². The summed E-state index contributed by atoms with van der Waals surface area (Å²) in [7, 11) is 0. The Balaban J connectivity index is 1.31. The lowest BCUT2D eigenvalue weighted by atomic mass is 9.87. The van der Waals surface area contributed by atoms with Gasteiger partial charge in [-0.3, -0.25) is 14.5 Å². The zero-order chi connectivity index (χ0) is 28.9. The first-order chi connectivity index (χ1) is 18.9. The number of fused-ring (bicyclic) bond motifs is 3. The van der Waals surface area contributed by atoms with Crippen LogP contribution in [0, 0.1) is 34.8 Å². The Bertz CT molecular complexity index is 1420. The van der Waals surface area contributed by atoms with Crippen molar-refractivity contribution < 1.29 is 27.9 Å². The fourth-order valence-electron chi connectivity index (χ4n) is 6.58. The number of likely N-dealkylation sites (tertiary alicyclic amines) is 1. The Morgan fingerprint density at radius 1 is 1.15 bits per heavy atom. The van der Waals surface area contributed by atoms with Crippen LogP contribution in [0.4, 0.5) is 13.6 Å². The van der Waals surface area contributed by atoms with Crippen LogP contribution in [0.15, 0.2) is 30.3 Å². The average molecular weight is 549 g/mol. The van der Waals surface area contributed by atoms with Crippen LogP contribution < -0.4 is 0 Å². The van der Waals surface area contributed by atoms with Gasteiger partial charge in [-0.1, -0.05) is 37.3 Å². The van der Waals surface area contributed by atoms with Gasteiger partial charge in [-0.2, -0.15) is 5.26 Å². The lowest BCUT2D eigenvalue weighted by Gasteiger charge is -2.35. The number of halogens is 2. The highest BCUT2D eigenvalue weighted by atomic mass is 19.2. The highest BCUT2D eigenvalue weighted by Crippen LogP contribution is 2.44. The van der Waals surface area contributed by atoms with Crippen LogP contribution >= 0.6 is 0 Å². The zero-order valence-corrected chi connectivity index (χ0v) is 23.3. The van der Waals surface area contributed by atoms with Crippen LogP contribution in [0.25, 0.3) is 11.1 Å². The second kappa shape index (κ2) is 10.4. The molecule has 1 heterocycles. The third kappa shape index (κ3) is 5.14. The summed E-state index contributed by atoms with van der Waals surface area (Å²) in [6.45, 7) is 7.12. The van der Waals surface area contributed by atoms with E-state index >= 15 is 8.78 Å². The number of hydrogen-bond acceptors (Lipinski definition) is 5. The van der Waals surface area contributed by atoms with Gasteiger partial charge in [0.15, 0.2) is 17.4 Å². The lowest BCUT2D eigenvalue weighted by molar-refractivity contribution is -0.126. The first-order valence-corrected chi connectivity index (χ1v) is 13.9. The van der Waals surface area contributed by atoms with Gasteiger partial charge in [-0.15, -0.1) is 0 Å². The Labute approximate surface area is 233 Å². The third-order valence-corrected chi connectivity index (χ3v) is 8.55. The van der Waals surface area contributed by atoms with Crippen molar-refractivity contribution in [3.05, 3.63) is 58.7 Å². The molecule has 1 saturated carbocycles. The topological polar surface area (TPSA) is 87.5 Å². The number of ether oxygens (including phenoxy) is 1. The molecule has 1 unspecified atom stereocenters. The van der Waals surface area contributed by atoms with Crippen LogP contribution in [-0.4, -0.2) is 40.2 Å². The Morgan fingerprint density at radius 3 is 2.60 bits per heavy atom. The highest BCUT2D eigenvalue weighted by molar-refractivity contribution is 5.93. The van der Waals surface area contributed by atoms with Crippen LogP contribution in [-0.2, 0) is 27.2 Å². The lowest BCUT2D eigenvalue weighted by Crippen LogP contribution is -2.51. The molecule has 1 aliphatic heterocycles. The number of nitriles is 1. The summed E-state index contributed by atoms with van der Waals surface area (Å²) in [5, 5.41) is 9.82. The summed E-state index contributed by atoms with van der Waals surface area (Å²) in [6.07, 6.45) is 1.89. The minimum absolute atomic E-state index is 0.0160. The van der Waals surface area contributed by atoms with Crippen LogP contribution in [0.5, 0.6) is 0 Å². The predicted octanol–water partition coefficient (Wildman–Crippen LogP) is 6.29. The summed E-state index contributed by atoms with van der Waals surface area (Å²) in [5.41, 5.74) is 1.60. The number of piperidine rings is 1. The Kier molecular flexibility index (Phi) is 7.28. The van der Waals surface area contributed by atoms with Crippen molar-refractivity contribution in [1.29, 1.82) is 5.26 Å². The van der Waals surface area contributed by atoms with Gasteiger partial charge in [0.2, 0.25) is 0 Å². The average Bonchev–Trinajstić information content (AvgIpc) is 3.59. The minimum atomic E-state index is -1.05. The van der Waals surface area contributed by atoms with E-state index in [9.17, 15) is 19.6 Å². The van der Waals surface area contributed by atoms with E-state index in [1.807, 2.05) is 6.92 Å².